The predicted octanol–water partition coefficient (Wildman–Crippen LogP) is -0.926. The van der Waals surface area contributed by atoms with Gasteiger partial charge in [-0.05, 0) is 19.3 Å². The van der Waals surface area contributed by atoms with E-state index in [0.29, 0.717) is 38.9 Å². The first kappa shape index (κ1) is 16.5. The molecule has 1 aliphatic heterocycles. The number of hydrogen-bond donors (Lipinski definition) is 3. The fourth-order valence-corrected chi connectivity index (χ4v) is 2.25. The van der Waals surface area contributed by atoms with Gasteiger partial charge in [-0.2, -0.15) is 0 Å². The highest BCUT2D eigenvalue weighted by atomic mass is 16.3. The summed E-state index contributed by atoms with van der Waals surface area (Å²) in [5, 5.41) is 11.4. The summed E-state index contributed by atoms with van der Waals surface area (Å²) in [7, 11) is 0. The minimum absolute atomic E-state index is 0.00141. The van der Waals surface area contributed by atoms with E-state index in [4.69, 9.17) is 17.3 Å². The Hall–Kier alpha value is -1.58. The first-order valence-electron chi connectivity index (χ1n) is 6.96. The van der Waals surface area contributed by atoms with Gasteiger partial charge in [0.25, 0.3) is 0 Å². The van der Waals surface area contributed by atoms with Gasteiger partial charge in [0.1, 0.15) is 0 Å². The molecule has 4 N–H and O–H groups in total. The lowest BCUT2D eigenvalue weighted by molar-refractivity contribution is -0.136. The number of nitrogens with zero attached hydrogens (tertiary/aromatic N) is 1. The lowest BCUT2D eigenvalue weighted by Gasteiger charge is -2.32. The summed E-state index contributed by atoms with van der Waals surface area (Å²) in [5.74, 6) is 2.18. The third-order valence-electron chi connectivity index (χ3n) is 3.47. The minimum atomic E-state index is -0.644. The third kappa shape index (κ3) is 4.83. The molecule has 0 bridgehead atoms. The van der Waals surface area contributed by atoms with E-state index < -0.39 is 6.04 Å². The van der Waals surface area contributed by atoms with Crippen LogP contribution in [-0.2, 0) is 9.59 Å². The van der Waals surface area contributed by atoms with E-state index in [2.05, 4.69) is 11.2 Å². The van der Waals surface area contributed by atoms with Gasteiger partial charge in [0.15, 0.2) is 0 Å². The summed E-state index contributed by atoms with van der Waals surface area (Å²) in [4.78, 5) is 25.5. The van der Waals surface area contributed by atoms with Crippen molar-refractivity contribution in [3.8, 4) is 12.3 Å². The van der Waals surface area contributed by atoms with Crippen molar-refractivity contribution in [3.63, 3.8) is 0 Å². The molecule has 1 rings (SSSR count). The molecule has 0 aromatic carbocycles. The zero-order valence-electron chi connectivity index (χ0n) is 11.7. The number of carbonyl (C=O) groups excluding carboxylic acids is 2. The van der Waals surface area contributed by atoms with Gasteiger partial charge in [0.2, 0.25) is 11.8 Å². The number of aliphatic hydroxyl groups excluding tert-OH is 1. The maximum absolute atomic E-state index is 12.0. The van der Waals surface area contributed by atoms with Gasteiger partial charge in [-0.25, -0.2) is 0 Å². The third-order valence-corrected chi connectivity index (χ3v) is 3.47. The van der Waals surface area contributed by atoms with Crippen LogP contribution in [0.4, 0.5) is 0 Å². The maximum atomic E-state index is 12.0. The van der Waals surface area contributed by atoms with Crippen LogP contribution in [0, 0.1) is 18.3 Å². The van der Waals surface area contributed by atoms with Crippen LogP contribution in [-0.4, -0.2) is 54.1 Å². The van der Waals surface area contributed by atoms with Gasteiger partial charge >= 0.3 is 0 Å². The summed E-state index contributed by atoms with van der Waals surface area (Å²) in [5.41, 5.74) is 5.70. The number of hydrogen-bond acceptors (Lipinski definition) is 4. The molecule has 20 heavy (non-hydrogen) atoms. The molecule has 1 unspecified atom stereocenters. The monoisotopic (exact) mass is 281 g/mol. The van der Waals surface area contributed by atoms with E-state index in [1.54, 1.807) is 4.90 Å². The van der Waals surface area contributed by atoms with E-state index in [1.165, 1.54) is 0 Å². The predicted molar refractivity (Wildman–Crippen MR) is 75.4 cm³/mol. The normalized spacial score (nSPS) is 17.4. The second kappa shape index (κ2) is 8.56. The standard InChI is InChI=1S/C14H23N3O3/c1-2-4-12(15)14(20)17-8-5-11(6-9-17)13(19)16-7-3-10-18/h1,11-12,18H,3-10,15H2,(H,16,19). The Balaban J connectivity index is 2.34. The molecule has 0 spiro atoms. The largest absolute Gasteiger partial charge is 0.396 e. The van der Waals surface area contributed by atoms with Crippen molar-refractivity contribution in [3.05, 3.63) is 0 Å². The molecule has 0 aromatic rings. The Morgan fingerprint density at radius 2 is 2.10 bits per heavy atom. The first-order chi connectivity index (χ1) is 9.60. The second-order valence-electron chi connectivity index (χ2n) is 4.98. The van der Waals surface area contributed by atoms with Gasteiger partial charge in [-0.15, -0.1) is 12.3 Å². The van der Waals surface area contributed by atoms with Crippen LogP contribution in [0.2, 0.25) is 0 Å². The van der Waals surface area contributed by atoms with Gasteiger partial charge < -0.3 is 21.1 Å². The van der Waals surface area contributed by atoms with E-state index >= 15 is 0 Å². The fourth-order valence-electron chi connectivity index (χ4n) is 2.25. The average Bonchev–Trinajstić information content (AvgIpc) is 2.47. The van der Waals surface area contributed by atoms with Crippen molar-refractivity contribution in [1.29, 1.82) is 0 Å². The molecule has 1 atom stereocenters. The summed E-state index contributed by atoms with van der Waals surface area (Å²) >= 11 is 0. The number of nitrogens with two attached hydrogens (primary N) is 1. The molecular weight excluding hydrogens is 258 g/mol. The lowest BCUT2D eigenvalue weighted by Crippen LogP contribution is -2.48. The SMILES string of the molecule is C#CCC(N)C(=O)N1CCC(C(=O)NCCCO)CC1. The number of nitrogens with one attached hydrogen (secondary N) is 1. The Labute approximate surface area is 119 Å². The van der Waals surface area contributed by atoms with Crippen LogP contribution < -0.4 is 11.1 Å². The molecule has 112 valence electrons. The smallest absolute Gasteiger partial charge is 0.240 e. The summed E-state index contributed by atoms with van der Waals surface area (Å²) in [6, 6.07) is -0.644. The van der Waals surface area contributed by atoms with Gasteiger partial charge in [0.05, 0.1) is 6.04 Å². The molecule has 1 heterocycles. The Bertz CT molecular complexity index is 370. The van der Waals surface area contributed by atoms with Crippen LogP contribution in [0.3, 0.4) is 0 Å². The topological polar surface area (TPSA) is 95.7 Å². The Kier molecular flexibility index (Phi) is 7.05. The number of terminal acetylenes is 1. The van der Waals surface area contributed by atoms with Crippen molar-refractivity contribution >= 4 is 11.8 Å². The number of carbonyl (C=O) groups is 2. The highest BCUT2D eigenvalue weighted by Crippen LogP contribution is 2.18. The van der Waals surface area contributed by atoms with Crippen molar-refractivity contribution in [2.75, 3.05) is 26.2 Å². The molecule has 1 fully saturated rings. The van der Waals surface area contributed by atoms with Crippen LogP contribution in [0.15, 0.2) is 0 Å². The number of piperidine rings is 1. The zero-order chi connectivity index (χ0) is 15.0. The van der Waals surface area contributed by atoms with Crippen molar-refractivity contribution in [1.82, 2.24) is 10.2 Å². The number of amides is 2. The van der Waals surface area contributed by atoms with E-state index in [9.17, 15) is 9.59 Å². The lowest BCUT2D eigenvalue weighted by atomic mass is 9.95. The average molecular weight is 281 g/mol. The molecule has 1 aliphatic rings. The van der Waals surface area contributed by atoms with Gasteiger partial charge in [0, 0.05) is 38.6 Å². The van der Waals surface area contributed by atoms with Gasteiger partial charge in [-0.1, -0.05) is 0 Å². The van der Waals surface area contributed by atoms with Gasteiger partial charge in [-0.3, -0.25) is 9.59 Å². The Morgan fingerprint density at radius 1 is 1.45 bits per heavy atom. The van der Waals surface area contributed by atoms with Crippen LogP contribution in [0.25, 0.3) is 0 Å². The van der Waals surface area contributed by atoms with Crippen molar-refractivity contribution in [2.45, 2.75) is 31.7 Å². The Morgan fingerprint density at radius 3 is 2.65 bits per heavy atom. The highest BCUT2D eigenvalue weighted by Gasteiger charge is 2.28. The number of rotatable bonds is 6. The van der Waals surface area contributed by atoms with E-state index in [-0.39, 0.29) is 30.8 Å². The fraction of sp³-hybridized carbons (Fsp3) is 0.714. The maximum Gasteiger partial charge on any atom is 0.240 e. The summed E-state index contributed by atoms with van der Waals surface area (Å²) in [6.45, 7) is 1.63. The molecule has 0 aromatic heterocycles. The molecule has 0 aliphatic carbocycles. The molecule has 2 amide bonds. The quantitative estimate of drug-likeness (QED) is 0.433. The minimum Gasteiger partial charge on any atom is -0.396 e. The van der Waals surface area contributed by atoms with E-state index in [0.717, 1.165) is 0 Å². The van der Waals surface area contributed by atoms with Crippen LogP contribution in [0.1, 0.15) is 25.7 Å². The highest BCUT2D eigenvalue weighted by molar-refractivity contribution is 5.83. The van der Waals surface area contributed by atoms with E-state index in [1.807, 2.05) is 0 Å². The first-order valence-corrected chi connectivity index (χ1v) is 6.96. The molecule has 0 saturated carbocycles. The van der Waals surface area contributed by atoms with Crippen molar-refractivity contribution in [2.24, 2.45) is 11.7 Å². The molecule has 6 heteroatoms. The molecule has 6 nitrogen and oxygen atoms in total. The number of aliphatic hydroxyl groups is 1. The zero-order valence-corrected chi connectivity index (χ0v) is 11.7. The number of likely N-dealkylation sites (tertiary alicyclic amines) is 1. The van der Waals surface area contributed by atoms with Crippen LogP contribution >= 0.6 is 0 Å². The summed E-state index contributed by atoms with van der Waals surface area (Å²) < 4.78 is 0. The molecular formula is C14H23N3O3. The second-order valence-corrected chi connectivity index (χ2v) is 4.98. The van der Waals surface area contributed by atoms with Crippen LogP contribution in [0.5, 0.6) is 0 Å². The molecule has 0 radical (unpaired) electrons. The summed E-state index contributed by atoms with van der Waals surface area (Å²) in [6.07, 6.45) is 7.22. The molecule has 1 saturated heterocycles. The van der Waals surface area contributed by atoms with Crippen molar-refractivity contribution < 1.29 is 14.7 Å².